The lowest BCUT2D eigenvalue weighted by Crippen LogP contribution is -2.37. The van der Waals surface area contributed by atoms with Crippen LogP contribution in [-0.2, 0) is 10.0 Å². The number of hydrogen-bond donors (Lipinski definition) is 3. The van der Waals surface area contributed by atoms with Crippen LogP contribution in [0.15, 0.2) is 17.0 Å². The summed E-state index contributed by atoms with van der Waals surface area (Å²) in [7, 11) is -3.63. The first-order valence-electron chi connectivity index (χ1n) is 5.81. The number of nitrogens with two attached hydrogens (primary N) is 1. The first-order chi connectivity index (χ1) is 8.31. The number of anilines is 1. The highest BCUT2D eigenvalue weighted by Crippen LogP contribution is 2.23. The fourth-order valence-corrected chi connectivity index (χ4v) is 3.70. The van der Waals surface area contributed by atoms with E-state index in [9.17, 15) is 8.42 Å². The molecule has 1 rings (SSSR count). The maximum atomic E-state index is 12.3. The van der Waals surface area contributed by atoms with E-state index in [4.69, 9.17) is 10.8 Å². The van der Waals surface area contributed by atoms with Crippen LogP contribution in [0.4, 0.5) is 5.69 Å². The van der Waals surface area contributed by atoms with Crippen LogP contribution in [0.3, 0.4) is 0 Å². The summed E-state index contributed by atoms with van der Waals surface area (Å²) < 4.78 is 27.0. The summed E-state index contributed by atoms with van der Waals surface area (Å²) in [5.41, 5.74) is 7.42. The van der Waals surface area contributed by atoms with Gasteiger partial charge < -0.3 is 10.8 Å². The number of rotatable bonds is 5. The molecular formula is C12H20N2O3S. The number of aryl methyl sites for hydroxylation is 2. The van der Waals surface area contributed by atoms with E-state index in [1.807, 2.05) is 6.92 Å². The minimum Gasteiger partial charge on any atom is -0.399 e. The fourth-order valence-electron chi connectivity index (χ4n) is 1.94. The topological polar surface area (TPSA) is 92.4 Å². The number of hydrogen-bond acceptors (Lipinski definition) is 4. The summed E-state index contributed by atoms with van der Waals surface area (Å²) in [5, 5.41) is 9.07. The standard InChI is InChI=1S/C12H20N2O3S/c1-4-11(7-15)14-18(16,17)12-8(2)5-10(13)6-9(12)3/h5-6,11,14-15H,4,7,13H2,1-3H3/t11-/m0/s1. The number of benzene rings is 1. The zero-order valence-corrected chi connectivity index (χ0v) is 11.7. The van der Waals surface area contributed by atoms with E-state index in [1.54, 1.807) is 26.0 Å². The molecule has 0 saturated carbocycles. The van der Waals surface area contributed by atoms with Crippen molar-refractivity contribution in [3.8, 4) is 0 Å². The van der Waals surface area contributed by atoms with Crippen molar-refractivity contribution in [1.82, 2.24) is 4.72 Å². The van der Waals surface area contributed by atoms with Crippen molar-refractivity contribution in [2.45, 2.75) is 38.1 Å². The van der Waals surface area contributed by atoms with Gasteiger partial charge in [-0.3, -0.25) is 0 Å². The average molecular weight is 272 g/mol. The molecule has 1 aromatic rings. The van der Waals surface area contributed by atoms with Crippen molar-refractivity contribution < 1.29 is 13.5 Å². The molecule has 0 aliphatic rings. The molecule has 6 heteroatoms. The Hall–Kier alpha value is -1.11. The van der Waals surface area contributed by atoms with Crippen LogP contribution < -0.4 is 10.5 Å². The van der Waals surface area contributed by atoms with Gasteiger partial charge in [0.2, 0.25) is 10.0 Å². The van der Waals surface area contributed by atoms with Gasteiger partial charge in [-0.2, -0.15) is 0 Å². The van der Waals surface area contributed by atoms with Crippen LogP contribution in [0.25, 0.3) is 0 Å². The highest BCUT2D eigenvalue weighted by molar-refractivity contribution is 7.89. The Kier molecular flexibility index (Phi) is 4.72. The number of nitrogen functional groups attached to an aromatic ring is 1. The summed E-state index contributed by atoms with van der Waals surface area (Å²) >= 11 is 0. The average Bonchev–Trinajstić information content (AvgIpc) is 2.23. The second-order valence-corrected chi connectivity index (χ2v) is 6.04. The van der Waals surface area contributed by atoms with Crippen LogP contribution in [0.5, 0.6) is 0 Å². The molecule has 4 N–H and O–H groups in total. The van der Waals surface area contributed by atoms with E-state index in [1.165, 1.54) is 0 Å². The molecule has 0 saturated heterocycles. The molecular weight excluding hydrogens is 252 g/mol. The van der Waals surface area contributed by atoms with E-state index >= 15 is 0 Å². The van der Waals surface area contributed by atoms with Gasteiger partial charge in [-0.15, -0.1) is 0 Å². The Morgan fingerprint density at radius 1 is 1.33 bits per heavy atom. The molecule has 0 fully saturated rings. The normalized spacial score (nSPS) is 13.6. The van der Waals surface area contributed by atoms with Gasteiger partial charge in [0.15, 0.2) is 0 Å². The molecule has 0 aromatic heterocycles. The van der Waals surface area contributed by atoms with Crippen LogP contribution >= 0.6 is 0 Å². The van der Waals surface area contributed by atoms with Crippen LogP contribution in [0.1, 0.15) is 24.5 Å². The Labute approximate surface area is 108 Å². The van der Waals surface area contributed by atoms with E-state index in [0.717, 1.165) is 0 Å². The zero-order chi connectivity index (χ0) is 13.9. The molecule has 102 valence electrons. The van der Waals surface area contributed by atoms with Crippen molar-refractivity contribution in [2.75, 3.05) is 12.3 Å². The van der Waals surface area contributed by atoms with Gasteiger partial charge in [-0.05, 0) is 43.5 Å². The van der Waals surface area contributed by atoms with Gasteiger partial charge in [0.05, 0.1) is 11.5 Å². The summed E-state index contributed by atoms with van der Waals surface area (Å²) in [6.07, 6.45) is 0.531. The summed E-state index contributed by atoms with van der Waals surface area (Å²) in [6, 6.07) is 2.79. The zero-order valence-electron chi connectivity index (χ0n) is 10.9. The quantitative estimate of drug-likeness (QED) is 0.695. The third-order valence-electron chi connectivity index (χ3n) is 2.79. The first kappa shape index (κ1) is 14.9. The van der Waals surface area contributed by atoms with Crippen LogP contribution in [0.2, 0.25) is 0 Å². The SMILES string of the molecule is CC[C@@H](CO)NS(=O)(=O)c1c(C)cc(N)cc1C. The Bertz CT molecular complexity index is 499. The van der Waals surface area contributed by atoms with Gasteiger partial charge in [0.1, 0.15) is 0 Å². The second kappa shape index (κ2) is 5.69. The Morgan fingerprint density at radius 2 is 1.83 bits per heavy atom. The molecule has 0 unspecified atom stereocenters. The lowest BCUT2D eigenvalue weighted by molar-refractivity contribution is 0.254. The van der Waals surface area contributed by atoms with Gasteiger partial charge in [0.25, 0.3) is 0 Å². The van der Waals surface area contributed by atoms with E-state index in [2.05, 4.69) is 4.72 Å². The van der Waals surface area contributed by atoms with Gasteiger partial charge in [-0.25, -0.2) is 13.1 Å². The number of aliphatic hydroxyl groups excluding tert-OH is 1. The van der Waals surface area contributed by atoms with Crippen molar-refractivity contribution in [1.29, 1.82) is 0 Å². The van der Waals surface area contributed by atoms with Gasteiger partial charge >= 0.3 is 0 Å². The van der Waals surface area contributed by atoms with Gasteiger partial charge in [-0.1, -0.05) is 6.92 Å². The maximum Gasteiger partial charge on any atom is 0.241 e. The molecule has 0 aliphatic carbocycles. The first-order valence-corrected chi connectivity index (χ1v) is 7.30. The third-order valence-corrected chi connectivity index (χ3v) is 4.61. The van der Waals surface area contributed by atoms with Crippen molar-refractivity contribution in [3.63, 3.8) is 0 Å². The Balaban J connectivity index is 3.21. The summed E-state index contributed by atoms with van der Waals surface area (Å²) in [4.78, 5) is 0.239. The predicted octanol–water partition coefficient (Wildman–Crippen LogP) is 0.935. The Morgan fingerprint density at radius 3 is 2.22 bits per heavy atom. The largest absolute Gasteiger partial charge is 0.399 e. The molecule has 0 aliphatic heterocycles. The molecule has 0 bridgehead atoms. The van der Waals surface area contributed by atoms with E-state index in [0.29, 0.717) is 23.2 Å². The lowest BCUT2D eigenvalue weighted by Gasteiger charge is -2.17. The fraction of sp³-hybridized carbons (Fsp3) is 0.500. The second-order valence-electron chi connectivity index (χ2n) is 4.39. The highest BCUT2D eigenvalue weighted by atomic mass is 32.2. The monoisotopic (exact) mass is 272 g/mol. The smallest absolute Gasteiger partial charge is 0.241 e. The summed E-state index contributed by atoms with van der Waals surface area (Å²) in [5.74, 6) is 0. The lowest BCUT2D eigenvalue weighted by atomic mass is 10.1. The molecule has 5 nitrogen and oxygen atoms in total. The van der Waals surface area contributed by atoms with Gasteiger partial charge in [0, 0.05) is 11.7 Å². The highest BCUT2D eigenvalue weighted by Gasteiger charge is 2.22. The van der Waals surface area contributed by atoms with E-state index < -0.39 is 16.1 Å². The summed E-state index contributed by atoms with van der Waals surface area (Å²) in [6.45, 7) is 5.00. The molecule has 0 radical (unpaired) electrons. The predicted molar refractivity (Wildman–Crippen MR) is 71.8 cm³/mol. The molecule has 0 spiro atoms. The van der Waals surface area contributed by atoms with E-state index in [-0.39, 0.29) is 11.5 Å². The van der Waals surface area contributed by atoms with Crippen molar-refractivity contribution in [3.05, 3.63) is 23.3 Å². The molecule has 1 aromatic carbocycles. The number of sulfonamides is 1. The van der Waals surface area contributed by atoms with Crippen LogP contribution in [0, 0.1) is 13.8 Å². The van der Waals surface area contributed by atoms with Crippen molar-refractivity contribution >= 4 is 15.7 Å². The van der Waals surface area contributed by atoms with Crippen LogP contribution in [-0.4, -0.2) is 26.2 Å². The molecule has 0 amide bonds. The minimum atomic E-state index is -3.63. The molecule has 0 heterocycles. The van der Waals surface area contributed by atoms with Crippen molar-refractivity contribution in [2.24, 2.45) is 0 Å². The number of nitrogens with one attached hydrogen (secondary N) is 1. The molecule has 18 heavy (non-hydrogen) atoms. The third kappa shape index (κ3) is 3.22. The minimum absolute atomic E-state index is 0.219. The number of aliphatic hydroxyl groups is 1. The maximum absolute atomic E-state index is 12.3. The molecule has 1 atom stereocenters.